The van der Waals surface area contributed by atoms with E-state index >= 15 is 0 Å². The molecule has 1 aliphatic heterocycles. The van der Waals surface area contributed by atoms with Gasteiger partial charge in [0.2, 0.25) is 5.95 Å². The smallest absolute Gasteiger partial charge is 0.225 e. The van der Waals surface area contributed by atoms with Gasteiger partial charge in [0, 0.05) is 29.1 Å². The number of hydrogen-bond acceptors (Lipinski definition) is 4. The maximum Gasteiger partial charge on any atom is 0.225 e. The molecule has 0 radical (unpaired) electrons. The van der Waals surface area contributed by atoms with Gasteiger partial charge in [-0.15, -0.1) is 0 Å². The monoisotopic (exact) mass is 332 g/mol. The summed E-state index contributed by atoms with van der Waals surface area (Å²) in [5, 5.41) is 0. The van der Waals surface area contributed by atoms with Crippen molar-refractivity contribution in [1.82, 2.24) is 9.97 Å². The van der Waals surface area contributed by atoms with E-state index in [-0.39, 0.29) is 0 Å². The molecule has 5 heteroatoms. The lowest BCUT2D eigenvalue weighted by Crippen LogP contribution is -2.42. The van der Waals surface area contributed by atoms with Gasteiger partial charge in [0.1, 0.15) is 0 Å². The van der Waals surface area contributed by atoms with Gasteiger partial charge >= 0.3 is 0 Å². The van der Waals surface area contributed by atoms with Crippen molar-refractivity contribution in [3.63, 3.8) is 0 Å². The number of rotatable bonds is 2. The quantitative estimate of drug-likeness (QED) is 0.837. The number of halogens is 1. The van der Waals surface area contributed by atoms with E-state index in [9.17, 15) is 0 Å². The minimum atomic E-state index is 0.305. The van der Waals surface area contributed by atoms with E-state index in [2.05, 4.69) is 44.4 Å². The third kappa shape index (κ3) is 2.63. The topological polar surface area (TPSA) is 55.0 Å². The van der Waals surface area contributed by atoms with Crippen molar-refractivity contribution >= 4 is 28.5 Å². The second kappa shape index (κ2) is 4.83. The molecule has 1 aromatic rings. The normalized spacial score (nSPS) is 19.8. The Labute approximate surface area is 110 Å². The van der Waals surface area contributed by atoms with E-state index in [1.54, 1.807) is 0 Å². The number of nitrogens with two attached hydrogens (primary N) is 1. The molecular formula is C11H17IN4. The summed E-state index contributed by atoms with van der Waals surface area (Å²) >= 11 is 2.22. The molecule has 2 N–H and O–H groups in total. The SMILES string of the molecule is CC1(CN)CCN(c2ncc(I)cn2)CC1. The first-order valence-electron chi connectivity index (χ1n) is 5.55. The van der Waals surface area contributed by atoms with E-state index in [1.807, 2.05) is 12.4 Å². The molecule has 0 amide bonds. The molecular weight excluding hydrogens is 315 g/mol. The maximum absolute atomic E-state index is 5.79. The van der Waals surface area contributed by atoms with Crippen molar-refractivity contribution in [2.45, 2.75) is 19.8 Å². The summed E-state index contributed by atoms with van der Waals surface area (Å²) in [6.07, 6.45) is 5.97. The summed E-state index contributed by atoms with van der Waals surface area (Å²) in [7, 11) is 0. The molecule has 0 bridgehead atoms. The lowest BCUT2D eigenvalue weighted by molar-refractivity contribution is 0.257. The van der Waals surface area contributed by atoms with Gasteiger partial charge in [0.25, 0.3) is 0 Å². The fraction of sp³-hybridized carbons (Fsp3) is 0.636. The second-order valence-electron chi connectivity index (χ2n) is 4.70. The third-order valence-electron chi connectivity index (χ3n) is 3.35. The first kappa shape index (κ1) is 12.0. The Bertz CT molecular complexity index is 344. The highest BCUT2D eigenvalue weighted by molar-refractivity contribution is 14.1. The minimum Gasteiger partial charge on any atom is -0.341 e. The highest BCUT2D eigenvalue weighted by Crippen LogP contribution is 2.30. The Morgan fingerprint density at radius 2 is 1.94 bits per heavy atom. The zero-order chi connectivity index (χ0) is 11.6. The van der Waals surface area contributed by atoms with Gasteiger partial charge in [-0.05, 0) is 47.4 Å². The van der Waals surface area contributed by atoms with Crippen LogP contribution in [0.2, 0.25) is 0 Å². The first-order valence-corrected chi connectivity index (χ1v) is 6.63. The summed E-state index contributed by atoms with van der Waals surface area (Å²) in [6, 6.07) is 0. The average molecular weight is 332 g/mol. The zero-order valence-electron chi connectivity index (χ0n) is 9.49. The average Bonchev–Trinajstić information content (AvgIpc) is 2.32. The molecule has 16 heavy (non-hydrogen) atoms. The summed E-state index contributed by atoms with van der Waals surface area (Å²) in [6.45, 7) is 5.05. The van der Waals surface area contributed by atoms with Gasteiger partial charge in [-0.2, -0.15) is 0 Å². The number of anilines is 1. The van der Waals surface area contributed by atoms with Gasteiger partial charge in [-0.1, -0.05) is 6.92 Å². The Kier molecular flexibility index (Phi) is 3.63. The van der Waals surface area contributed by atoms with E-state index in [0.717, 1.165) is 42.0 Å². The molecule has 4 nitrogen and oxygen atoms in total. The maximum atomic E-state index is 5.79. The molecule has 1 fully saturated rings. The summed E-state index contributed by atoms with van der Waals surface area (Å²) < 4.78 is 1.07. The zero-order valence-corrected chi connectivity index (χ0v) is 11.6. The van der Waals surface area contributed by atoms with Crippen LogP contribution in [-0.2, 0) is 0 Å². The molecule has 0 aliphatic carbocycles. The summed E-state index contributed by atoms with van der Waals surface area (Å²) in [4.78, 5) is 10.9. The molecule has 1 aliphatic rings. The number of aromatic nitrogens is 2. The molecule has 2 rings (SSSR count). The van der Waals surface area contributed by atoms with Gasteiger partial charge < -0.3 is 10.6 Å². The van der Waals surface area contributed by atoms with Crippen molar-refractivity contribution in [3.8, 4) is 0 Å². The fourth-order valence-electron chi connectivity index (χ4n) is 1.92. The van der Waals surface area contributed by atoms with E-state index in [0.29, 0.717) is 5.41 Å². The lowest BCUT2D eigenvalue weighted by Gasteiger charge is -2.38. The summed E-state index contributed by atoms with van der Waals surface area (Å²) in [5.74, 6) is 0.847. The molecule has 0 aromatic carbocycles. The van der Waals surface area contributed by atoms with Gasteiger partial charge in [-0.25, -0.2) is 9.97 Å². The Balaban J connectivity index is 2.01. The number of hydrogen-bond donors (Lipinski definition) is 1. The van der Waals surface area contributed by atoms with Crippen molar-refractivity contribution in [2.24, 2.45) is 11.1 Å². The molecule has 2 heterocycles. The number of piperidine rings is 1. The van der Waals surface area contributed by atoms with Crippen LogP contribution < -0.4 is 10.6 Å². The Morgan fingerprint density at radius 1 is 1.38 bits per heavy atom. The van der Waals surface area contributed by atoms with Crippen LogP contribution in [0.5, 0.6) is 0 Å². The van der Waals surface area contributed by atoms with E-state index in [4.69, 9.17) is 5.73 Å². The first-order chi connectivity index (χ1) is 7.63. The largest absolute Gasteiger partial charge is 0.341 e. The van der Waals surface area contributed by atoms with E-state index in [1.165, 1.54) is 0 Å². The second-order valence-corrected chi connectivity index (χ2v) is 5.95. The van der Waals surface area contributed by atoms with Crippen molar-refractivity contribution in [2.75, 3.05) is 24.5 Å². The van der Waals surface area contributed by atoms with Crippen LogP contribution in [0.3, 0.4) is 0 Å². The minimum absolute atomic E-state index is 0.305. The van der Waals surface area contributed by atoms with Gasteiger partial charge in [-0.3, -0.25) is 0 Å². The van der Waals surface area contributed by atoms with Crippen LogP contribution in [0.15, 0.2) is 12.4 Å². The van der Waals surface area contributed by atoms with Gasteiger partial charge in [0.15, 0.2) is 0 Å². The highest BCUT2D eigenvalue weighted by Gasteiger charge is 2.29. The molecule has 0 spiro atoms. The molecule has 0 unspecified atom stereocenters. The third-order valence-corrected chi connectivity index (χ3v) is 3.91. The molecule has 88 valence electrons. The lowest BCUT2D eigenvalue weighted by atomic mass is 9.81. The predicted molar refractivity (Wildman–Crippen MR) is 73.4 cm³/mol. The fourth-order valence-corrected chi connectivity index (χ4v) is 2.20. The van der Waals surface area contributed by atoms with Crippen molar-refractivity contribution in [3.05, 3.63) is 16.0 Å². The van der Waals surface area contributed by atoms with E-state index < -0.39 is 0 Å². The standard InChI is InChI=1S/C11H17IN4/c1-11(8-13)2-4-16(5-3-11)10-14-6-9(12)7-15-10/h6-7H,2-5,8,13H2,1H3. The van der Waals surface area contributed by atoms with Crippen molar-refractivity contribution in [1.29, 1.82) is 0 Å². The highest BCUT2D eigenvalue weighted by atomic mass is 127. The Hall–Kier alpha value is -0.430. The molecule has 1 aromatic heterocycles. The molecule has 1 saturated heterocycles. The predicted octanol–water partition coefficient (Wildman–Crippen LogP) is 1.65. The van der Waals surface area contributed by atoms with Crippen molar-refractivity contribution < 1.29 is 0 Å². The van der Waals surface area contributed by atoms with Crippen LogP contribution in [-0.4, -0.2) is 29.6 Å². The molecule has 0 atom stereocenters. The van der Waals surface area contributed by atoms with Crippen LogP contribution in [0.4, 0.5) is 5.95 Å². The molecule has 0 saturated carbocycles. The Morgan fingerprint density at radius 3 is 2.44 bits per heavy atom. The number of nitrogens with zero attached hydrogens (tertiary/aromatic N) is 3. The van der Waals surface area contributed by atoms with Crippen LogP contribution >= 0.6 is 22.6 Å². The summed E-state index contributed by atoms with van der Waals surface area (Å²) in [5.41, 5.74) is 6.10. The van der Waals surface area contributed by atoms with Crippen LogP contribution in [0.1, 0.15) is 19.8 Å². The van der Waals surface area contributed by atoms with Crippen LogP contribution in [0.25, 0.3) is 0 Å². The van der Waals surface area contributed by atoms with Gasteiger partial charge in [0.05, 0.1) is 0 Å². The van der Waals surface area contributed by atoms with Crippen LogP contribution in [0, 0.1) is 8.99 Å².